The number of anilines is 1. The highest BCUT2D eigenvalue weighted by Gasteiger charge is 2.14. The summed E-state index contributed by atoms with van der Waals surface area (Å²) >= 11 is 0. The van der Waals surface area contributed by atoms with Crippen molar-refractivity contribution in [3.63, 3.8) is 0 Å². The van der Waals surface area contributed by atoms with Crippen molar-refractivity contribution in [2.45, 2.75) is 33.2 Å². The molecular formula is C12H20N4O. The topological polar surface area (TPSA) is 80.0 Å². The Morgan fingerprint density at radius 3 is 2.65 bits per heavy atom. The average Bonchev–Trinajstić information content (AvgIpc) is 2.37. The van der Waals surface area contributed by atoms with E-state index in [1.807, 2.05) is 6.92 Å². The number of hydrogen-bond acceptors (Lipinski definition) is 4. The summed E-state index contributed by atoms with van der Waals surface area (Å²) in [6, 6.07) is 3.51. The van der Waals surface area contributed by atoms with Crippen molar-refractivity contribution < 1.29 is 4.79 Å². The summed E-state index contributed by atoms with van der Waals surface area (Å²) in [5.41, 5.74) is 3.55. The second-order valence-electron chi connectivity index (χ2n) is 4.22. The minimum Gasteiger partial charge on any atom is -0.348 e. The number of hydrazine groups is 1. The van der Waals surface area contributed by atoms with Crippen LogP contribution >= 0.6 is 0 Å². The number of nitrogen functional groups attached to an aromatic ring is 1. The third kappa shape index (κ3) is 3.71. The van der Waals surface area contributed by atoms with Crippen molar-refractivity contribution >= 4 is 11.6 Å². The smallest absolute Gasteiger partial charge is 0.270 e. The maximum Gasteiger partial charge on any atom is 0.270 e. The molecule has 0 fully saturated rings. The molecule has 4 N–H and O–H groups in total. The SMILES string of the molecule is CCC(C)C(C)NC(=O)c1ccc(NN)cn1. The van der Waals surface area contributed by atoms with Gasteiger partial charge in [0.25, 0.3) is 5.91 Å². The highest BCUT2D eigenvalue weighted by atomic mass is 16.1. The Balaban J connectivity index is 2.63. The van der Waals surface area contributed by atoms with Crippen molar-refractivity contribution in [2.75, 3.05) is 5.43 Å². The Labute approximate surface area is 102 Å². The molecule has 5 nitrogen and oxygen atoms in total. The van der Waals surface area contributed by atoms with E-state index < -0.39 is 0 Å². The molecule has 1 aromatic rings. The first-order valence-electron chi connectivity index (χ1n) is 5.82. The van der Waals surface area contributed by atoms with E-state index in [0.717, 1.165) is 6.42 Å². The fourth-order valence-electron chi connectivity index (χ4n) is 1.39. The zero-order valence-corrected chi connectivity index (χ0v) is 10.5. The maximum absolute atomic E-state index is 11.8. The second-order valence-corrected chi connectivity index (χ2v) is 4.22. The number of carbonyl (C=O) groups is 1. The molecule has 17 heavy (non-hydrogen) atoms. The molecule has 0 aliphatic carbocycles. The number of pyridine rings is 1. The number of hydrogen-bond donors (Lipinski definition) is 3. The lowest BCUT2D eigenvalue weighted by Gasteiger charge is -2.19. The van der Waals surface area contributed by atoms with Crippen LogP contribution in [0.3, 0.4) is 0 Å². The molecule has 2 unspecified atom stereocenters. The van der Waals surface area contributed by atoms with Gasteiger partial charge in [0.1, 0.15) is 5.69 Å². The first-order valence-corrected chi connectivity index (χ1v) is 5.82. The van der Waals surface area contributed by atoms with Crippen molar-refractivity contribution in [2.24, 2.45) is 11.8 Å². The first kappa shape index (κ1) is 13.4. The largest absolute Gasteiger partial charge is 0.348 e. The summed E-state index contributed by atoms with van der Waals surface area (Å²) in [5, 5.41) is 2.93. The third-order valence-electron chi connectivity index (χ3n) is 3.02. The number of nitrogens with one attached hydrogen (secondary N) is 2. The third-order valence-corrected chi connectivity index (χ3v) is 3.02. The zero-order valence-electron chi connectivity index (χ0n) is 10.5. The van der Waals surface area contributed by atoms with Crippen molar-refractivity contribution in [3.8, 4) is 0 Å². The van der Waals surface area contributed by atoms with Gasteiger partial charge in [0.15, 0.2) is 0 Å². The van der Waals surface area contributed by atoms with Crippen LogP contribution < -0.4 is 16.6 Å². The molecule has 0 aromatic carbocycles. The van der Waals surface area contributed by atoms with Gasteiger partial charge in [-0.3, -0.25) is 10.6 Å². The van der Waals surface area contributed by atoms with Crippen molar-refractivity contribution in [3.05, 3.63) is 24.0 Å². The van der Waals surface area contributed by atoms with Gasteiger partial charge in [0.2, 0.25) is 0 Å². The van der Waals surface area contributed by atoms with E-state index in [2.05, 4.69) is 29.6 Å². The van der Waals surface area contributed by atoms with E-state index in [0.29, 0.717) is 17.3 Å². The van der Waals surface area contributed by atoms with Crippen LogP contribution in [-0.2, 0) is 0 Å². The highest BCUT2D eigenvalue weighted by molar-refractivity contribution is 5.92. The maximum atomic E-state index is 11.8. The number of rotatable bonds is 5. The summed E-state index contributed by atoms with van der Waals surface area (Å²) in [7, 11) is 0. The molecule has 2 atom stereocenters. The van der Waals surface area contributed by atoms with Crippen LogP contribution in [0, 0.1) is 5.92 Å². The molecule has 0 bridgehead atoms. The normalized spacial score (nSPS) is 13.9. The van der Waals surface area contributed by atoms with Gasteiger partial charge in [-0.15, -0.1) is 0 Å². The molecule has 0 saturated carbocycles. The van der Waals surface area contributed by atoms with Crippen molar-refractivity contribution in [1.82, 2.24) is 10.3 Å². The lowest BCUT2D eigenvalue weighted by molar-refractivity contribution is 0.0923. The van der Waals surface area contributed by atoms with Crippen LogP contribution in [0.4, 0.5) is 5.69 Å². The molecule has 1 heterocycles. The van der Waals surface area contributed by atoms with Gasteiger partial charge < -0.3 is 10.7 Å². The second kappa shape index (κ2) is 6.20. The molecule has 94 valence electrons. The van der Waals surface area contributed by atoms with Gasteiger partial charge in [-0.1, -0.05) is 20.3 Å². The lowest BCUT2D eigenvalue weighted by atomic mass is 10.0. The number of carbonyl (C=O) groups excluding carboxylic acids is 1. The fraction of sp³-hybridized carbons (Fsp3) is 0.500. The summed E-state index contributed by atoms with van der Waals surface area (Å²) in [5.74, 6) is 5.52. The Bertz CT molecular complexity index is 363. The molecule has 1 amide bonds. The lowest BCUT2D eigenvalue weighted by Crippen LogP contribution is -2.37. The fourth-order valence-corrected chi connectivity index (χ4v) is 1.39. The van der Waals surface area contributed by atoms with Gasteiger partial charge in [-0.05, 0) is 25.0 Å². The minimum absolute atomic E-state index is 0.140. The Morgan fingerprint density at radius 2 is 2.18 bits per heavy atom. The van der Waals surface area contributed by atoms with Crippen molar-refractivity contribution in [1.29, 1.82) is 0 Å². The Morgan fingerprint density at radius 1 is 1.47 bits per heavy atom. The van der Waals surface area contributed by atoms with E-state index in [-0.39, 0.29) is 11.9 Å². The average molecular weight is 236 g/mol. The summed E-state index contributed by atoms with van der Waals surface area (Å²) in [6.45, 7) is 6.22. The van der Waals surface area contributed by atoms with Crippen LogP contribution in [-0.4, -0.2) is 16.9 Å². The number of amides is 1. The summed E-state index contributed by atoms with van der Waals surface area (Å²) in [4.78, 5) is 15.9. The van der Waals surface area contributed by atoms with Crippen LogP contribution in [0.2, 0.25) is 0 Å². The Kier molecular flexibility index (Phi) is 4.90. The molecule has 0 spiro atoms. The molecule has 0 aliphatic heterocycles. The molecule has 0 aliphatic rings. The molecule has 0 saturated heterocycles. The number of nitrogens with two attached hydrogens (primary N) is 1. The standard InChI is InChI=1S/C12H20N4O/c1-4-8(2)9(3)15-12(17)11-6-5-10(16-13)7-14-11/h5-9,16H,4,13H2,1-3H3,(H,15,17). The molecular weight excluding hydrogens is 216 g/mol. The van der Waals surface area contributed by atoms with Gasteiger partial charge in [-0.2, -0.15) is 0 Å². The van der Waals surface area contributed by atoms with Crippen LogP contribution in [0.25, 0.3) is 0 Å². The predicted octanol–water partition coefficient (Wildman–Crippen LogP) is 1.53. The zero-order chi connectivity index (χ0) is 12.8. The van der Waals surface area contributed by atoms with Crippen LogP contribution in [0.5, 0.6) is 0 Å². The van der Waals surface area contributed by atoms with E-state index in [4.69, 9.17) is 5.84 Å². The van der Waals surface area contributed by atoms with Gasteiger partial charge in [0.05, 0.1) is 11.9 Å². The summed E-state index contributed by atoms with van der Waals surface area (Å²) in [6.07, 6.45) is 2.56. The Hall–Kier alpha value is -1.62. The summed E-state index contributed by atoms with van der Waals surface area (Å²) < 4.78 is 0. The van der Waals surface area contributed by atoms with Crippen LogP contribution in [0.1, 0.15) is 37.7 Å². The highest BCUT2D eigenvalue weighted by Crippen LogP contribution is 2.08. The predicted molar refractivity (Wildman–Crippen MR) is 68.4 cm³/mol. The molecule has 1 rings (SSSR count). The number of nitrogens with zero attached hydrogens (tertiary/aromatic N) is 1. The van der Waals surface area contributed by atoms with Gasteiger partial charge in [-0.25, -0.2) is 4.98 Å². The van der Waals surface area contributed by atoms with Crippen LogP contribution in [0.15, 0.2) is 18.3 Å². The quantitative estimate of drug-likeness (QED) is 0.535. The minimum atomic E-state index is -0.152. The van der Waals surface area contributed by atoms with Gasteiger partial charge >= 0.3 is 0 Å². The monoisotopic (exact) mass is 236 g/mol. The van der Waals surface area contributed by atoms with E-state index in [1.54, 1.807) is 12.1 Å². The molecule has 5 heteroatoms. The number of aromatic nitrogens is 1. The first-order chi connectivity index (χ1) is 8.08. The van der Waals surface area contributed by atoms with E-state index in [9.17, 15) is 4.79 Å². The van der Waals surface area contributed by atoms with E-state index in [1.165, 1.54) is 6.20 Å². The van der Waals surface area contributed by atoms with E-state index >= 15 is 0 Å². The molecule has 1 aromatic heterocycles. The van der Waals surface area contributed by atoms with Gasteiger partial charge in [0, 0.05) is 6.04 Å². The molecule has 0 radical (unpaired) electrons.